The van der Waals surface area contributed by atoms with Gasteiger partial charge >= 0.3 is 5.97 Å². The topological polar surface area (TPSA) is 175 Å². The van der Waals surface area contributed by atoms with Crippen LogP contribution in [0.5, 0.6) is 0 Å². The number of amides is 1. The van der Waals surface area contributed by atoms with Gasteiger partial charge in [-0.25, -0.2) is 0 Å². The van der Waals surface area contributed by atoms with Crippen LogP contribution in [0, 0.1) is 0 Å². The fourth-order valence-electron chi connectivity index (χ4n) is 8.74. The van der Waals surface area contributed by atoms with E-state index in [1.165, 1.54) is 103 Å². The fourth-order valence-corrected chi connectivity index (χ4v) is 8.74. The number of carbonyl (C=O) groups is 2. The summed E-state index contributed by atoms with van der Waals surface area (Å²) in [5, 5.41) is 56.8. The van der Waals surface area contributed by atoms with Crippen molar-refractivity contribution in [3.05, 3.63) is 72.9 Å². The van der Waals surface area contributed by atoms with E-state index >= 15 is 0 Å². The molecule has 0 aromatic carbocycles. The molecule has 0 aliphatic carbocycles. The van der Waals surface area contributed by atoms with Crippen LogP contribution in [0.1, 0.15) is 239 Å². The quantitative estimate of drug-likeness (QED) is 0.0195. The summed E-state index contributed by atoms with van der Waals surface area (Å²) >= 11 is 0. The molecule has 1 fully saturated rings. The predicted molar refractivity (Wildman–Crippen MR) is 296 cm³/mol. The number of carbonyl (C=O) groups excluding carboxylic acids is 2. The SMILES string of the molecule is CC/C=C\C/C=C\C/C=C\C/C=C\C/C=C\CCCCC(O)C(=O)NC(COC1OC(CO)C(O)C(O)C1OC(=O)CCCCCCCCCCCCCCCC)C(O)/C=C/CCCCCCCCCCC. The minimum Gasteiger partial charge on any atom is -0.454 e. The van der Waals surface area contributed by atoms with E-state index in [0.29, 0.717) is 12.8 Å². The normalized spacial score (nSPS) is 20.0. The van der Waals surface area contributed by atoms with Crippen LogP contribution in [0.25, 0.3) is 0 Å². The number of hydrogen-bond donors (Lipinski definition) is 6. The number of rotatable bonds is 48. The maximum atomic E-state index is 13.4. The van der Waals surface area contributed by atoms with Gasteiger partial charge in [0.2, 0.25) is 5.91 Å². The van der Waals surface area contributed by atoms with E-state index in [0.717, 1.165) is 89.9 Å². The van der Waals surface area contributed by atoms with Gasteiger partial charge in [-0.1, -0.05) is 235 Å². The highest BCUT2D eigenvalue weighted by atomic mass is 16.7. The summed E-state index contributed by atoms with van der Waals surface area (Å²) in [5.74, 6) is -1.23. The molecule has 1 aliphatic rings. The number of allylic oxidation sites excluding steroid dienone is 11. The number of aliphatic hydroxyl groups is 5. The molecule has 6 N–H and O–H groups in total. The molecule has 0 bridgehead atoms. The summed E-state index contributed by atoms with van der Waals surface area (Å²) in [4.78, 5) is 26.4. The van der Waals surface area contributed by atoms with Crippen LogP contribution in [0.3, 0.4) is 0 Å². The summed E-state index contributed by atoms with van der Waals surface area (Å²) in [7, 11) is 0. The molecular formula is C61H107NO10. The van der Waals surface area contributed by atoms with E-state index in [4.69, 9.17) is 14.2 Å². The first-order valence-electron chi connectivity index (χ1n) is 29.2. The molecular weight excluding hydrogens is 907 g/mol. The lowest BCUT2D eigenvalue weighted by molar-refractivity contribution is -0.305. The van der Waals surface area contributed by atoms with Crippen LogP contribution in [-0.2, 0) is 23.8 Å². The lowest BCUT2D eigenvalue weighted by Gasteiger charge is -2.41. The van der Waals surface area contributed by atoms with Gasteiger partial charge in [-0.3, -0.25) is 9.59 Å². The third-order valence-corrected chi connectivity index (χ3v) is 13.4. The first kappa shape index (κ1) is 67.1. The molecule has 0 radical (unpaired) electrons. The van der Waals surface area contributed by atoms with Crippen molar-refractivity contribution in [1.29, 1.82) is 0 Å². The molecule has 1 rings (SSSR count). The van der Waals surface area contributed by atoms with Crippen LogP contribution in [0.4, 0.5) is 0 Å². The van der Waals surface area contributed by atoms with Crippen LogP contribution in [-0.4, -0.2) is 99.6 Å². The van der Waals surface area contributed by atoms with Gasteiger partial charge in [0.1, 0.15) is 24.4 Å². The molecule has 11 nitrogen and oxygen atoms in total. The van der Waals surface area contributed by atoms with E-state index in [1.807, 2.05) is 6.08 Å². The fraction of sp³-hybridized carbons (Fsp3) is 0.770. The Morgan fingerprint density at radius 2 is 1.00 bits per heavy atom. The van der Waals surface area contributed by atoms with E-state index in [2.05, 4.69) is 86.8 Å². The molecule has 416 valence electrons. The molecule has 1 saturated heterocycles. The van der Waals surface area contributed by atoms with Crippen molar-refractivity contribution in [2.75, 3.05) is 13.2 Å². The number of aliphatic hydroxyl groups excluding tert-OH is 5. The van der Waals surface area contributed by atoms with Crippen molar-refractivity contribution in [1.82, 2.24) is 5.32 Å². The third kappa shape index (κ3) is 36.9. The van der Waals surface area contributed by atoms with E-state index in [9.17, 15) is 35.1 Å². The second kappa shape index (κ2) is 49.0. The van der Waals surface area contributed by atoms with Gasteiger partial charge in [-0.05, 0) is 70.6 Å². The Hall–Kier alpha value is -2.90. The van der Waals surface area contributed by atoms with E-state index < -0.39 is 67.4 Å². The zero-order valence-corrected chi connectivity index (χ0v) is 45.8. The Morgan fingerprint density at radius 1 is 0.556 bits per heavy atom. The molecule has 72 heavy (non-hydrogen) atoms. The van der Waals surface area contributed by atoms with E-state index in [1.54, 1.807) is 6.08 Å². The summed E-state index contributed by atoms with van der Waals surface area (Å²) in [6.45, 7) is 5.63. The molecule has 8 unspecified atom stereocenters. The maximum Gasteiger partial charge on any atom is 0.306 e. The molecule has 0 spiro atoms. The maximum absolute atomic E-state index is 13.4. The van der Waals surface area contributed by atoms with Gasteiger partial charge in [-0.15, -0.1) is 0 Å². The van der Waals surface area contributed by atoms with Crippen LogP contribution in [0.2, 0.25) is 0 Å². The highest BCUT2D eigenvalue weighted by Crippen LogP contribution is 2.26. The Morgan fingerprint density at radius 3 is 1.50 bits per heavy atom. The number of ether oxygens (including phenoxy) is 3. The van der Waals surface area contributed by atoms with Gasteiger partial charge in [0.05, 0.1) is 25.4 Å². The summed E-state index contributed by atoms with van der Waals surface area (Å²) < 4.78 is 17.6. The summed E-state index contributed by atoms with van der Waals surface area (Å²) in [5.41, 5.74) is 0. The first-order chi connectivity index (χ1) is 35.2. The molecule has 1 heterocycles. The number of nitrogens with one attached hydrogen (secondary N) is 1. The van der Waals surface area contributed by atoms with Gasteiger partial charge in [0, 0.05) is 6.42 Å². The van der Waals surface area contributed by atoms with Crippen LogP contribution < -0.4 is 5.32 Å². The van der Waals surface area contributed by atoms with Gasteiger partial charge in [-0.2, -0.15) is 0 Å². The Bertz CT molecular complexity index is 1440. The van der Waals surface area contributed by atoms with Crippen LogP contribution in [0.15, 0.2) is 72.9 Å². The standard InChI is InChI=1S/C61H107NO10/c1-4-7-10-13-16-19-22-24-26-27-28-29-30-33-36-39-42-45-48-54(65)60(69)62-52(53(64)47-44-41-38-35-32-21-18-15-12-9-6-3)51-70-61-59(58(68)57(67)55(50-63)71-61)72-56(66)49-46-43-40-37-34-31-25-23-20-17-14-11-8-5-2/h7,10,16,19,24,26,28-29,33,36,44,47,52-55,57-59,61,63-65,67-68H,4-6,8-9,11-15,17-18,20-23,25,27,30-32,34-35,37-43,45-46,48-51H2,1-3H3,(H,62,69)/b10-7-,19-16-,26-24-,29-28-,36-33-,47-44+. The van der Waals surface area contributed by atoms with Crippen molar-refractivity contribution in [3.63, 3.8) is 0 Å². The zero-order chi connectivity index (χ0) is 52.5. The highest BCUT2D eigenvalue weighted by Gasteiger charge is 2.47. The predicted octanol–water partition coefficient (Wildman–Crippen LogP) is 13.2. The number of hydrogen-bond acceptors (Lipinski definition) is 10. The Balaban J connectivity index is 2.74. The van der Waals surface area contributed by atoms with Crippen LogP contribution >= 0.6 is 0 Å². The minimum atomic E-state index is -1.62. The minimum absolute atomic E-state index is 0.120. The Labute approximate surface area is 439 Å². The van der Waals surface area contributed by atoms with E-state index in [-0.39, 0.29) is 19.4 Å². The number of unbranched alkanes of at least 4 members (excludes halogenated alkanes) is 24. The highest BCUT2D eigenvalue weighted by molar-refractivity contribution is 5.80. The Kier molecular flexibility index (Phi) is 45.7. The largest absolute Gasteiger partial charge is 0.454 e. The van der Waals surface area contributed by atoms with Gasteiger partial charge < -0.3 is 45.1 Å². The summed E-state index contributed by atoms with van der Waals surface area (Å²) in [6, 6.07) is -1.04. The van der Waals surface area contributed by atoms with Crippen molar-refractivity contribution >= 4 is 11.9 Å². The first-order valence-corrected chi connectivity index (χ1v) is 29.2. The van der Waals surface area contributed by atoms with Crippen molar-refractivity contribution in [2.45, 2.75) is 288 Å². The van der Waals surface area contributed by atoms with Crippen molar-refractivity contribution < 1.29 is 49.3 Å². The van der Waals surface area contributed by atoms with Gasteiger partial charge in [0.15, 0.2) is 12.4 Å². The average molecular weight is 1010 g/mol. The molecule has 8 atom stereocenters. The van der Waals surface area contributed by atoms with Crippen molar-refractivity contribution in [3.8, 4) is 0 Å². The number of esters is 1. The summed E-state index contributed by atoms with van der Waals surface area (Å²) in [6.07, 6.45) is 50.9. The average Bonchev–Trinajstić information content (AvgIpc) is 3.38. The third-order valence-electron chi connectivity index (χ3n) is 13.4. The smallest absolute Gasteiger partial charge is 0.306 e. The molecule has 11 heteroatoms. The second-order valence-corrected chi connectivity index (χ2v) is 20.0. The lowest BCUT2D eigenvalue weighted by Crippen LogP contribution is -2.61. The molecule has 0 aromatic heterocycles. The zero-order valence-electron chi connectivity index (χ0n) is 45.8. The lowest BCUT2D eigenvalue weighted by atomic mass is 9.99. The molecule has 1 amide bonds. The van der Waals surface area contributed by atoms with Crippen molar-refractivity contribution in [2.24, 2.45) is 0 Å². The molecule has 0 aromatic rings. The van der Waals surface area contributed by atoms with Gasteiger partial charge in [0.25, 0.3) is 0 Å². The second-order valence-electron chi connectivity index (χ2n) is 20.0. The molecule has 0 saturated carbocycles. The molecule has 1 aliphatic heterocycles. The monoisotopic (exact) mass is 1010 g/mol.